The Morgan fingerprint density at radius 1 is 1.18 bits per heavy atom. The minimum Gasteiger partial charge on any atom is -0.497 e. The first-order valence-corrected chi connectivity index (χ1v) is 9.23. The monoisotopic (exact) mass is 382 g/mol. The van der Waals surface area contributed by atoms with Crippen molar-refractivity contribution in [3.8, 4) is 11.4 Å². The van der Waals surface area contributed by atoms with E-state index in [1.54, 1.807) is 7.11 Å². The van der Waals surface area contributed by atoms with Crippen LogP contribution in [-0.2, 0) is 13.1 Å². The number of aryl methyl sites for hydroxylation is 2. The van der Waals surface area contributed by atoms with Crippen molar-refractivity contribution in [2.75, 3.05) is 13.7 Å². The number of nitrogens with zero attached hydrogens (tertiary/aromatic N) is 4. The highest BCUT2D eigenvalue weighted by molar-refractivity contribution is 5.79. The third-order valence-corrected chi connectivity index (χ3v) is 4.20. The van der Waals surface area contributed by atoms with Crippen molar-refractivity contribution >= 4 is 5.96 Å². The van der Waals surface area contributed by atoms with E-state index in [9.17, 15) is 0 Å². The van der Waals surface area contributed by atoms with E-state index in [0.717, 1.165) is 35.1 Å². The Kier molecular flexibility index (Phi) is 6.31. The van der Waals surface area contributed by atoms with Crippen LogP contribution in [-0.4, -0.2) is 34.4 Å². The minimum absolute atomic E-state index is 0.460. The molecule has 2 heterocycles. The average Bonchev–Trinajstić information content (AvgIpc) is 3.31. The first-order chi connectivity index (χ1) is 13.6. The molecule has 0 aliphatic carbocycles. The first kappa shape index (κ1) is 19.5. The Labute approximate surface area is 164 Å². The summed E-state index contributed by atoms with van der Waals surface area (Å²) in [5.41, 5.74) is 2.74. The number of hydrogen-bond donors (Lipinski definition) is 2. The second-order valence-electron chi connectivity index (χ2n) is 6.25. The summed E-state index contributed by atoms with van der Waals surface area (Å²) in [6.45, 7) is 7.55. The average molecular weight is 382 g/mol. The molecule has 0 spiro atoms. The van der Waals surface area contributed by atoms with Gasteiger partial charge in [0, 0.05) is 12.7 Å². The molecule has 0 fully saturated rings. The molecule has 0 radical (unpaired) electrons. The number of ether oxygens (including phenoxy) is 1. The van der Waals surface area contributed by atoms with Crippen molar-refractivity contribution < 1.29 is 9.15 Å². The van der Waals surface area contributed by atoms with Crippen LogP contribution in [0.5, 0.6) is 5.75 Å². The highest BCUT2D eigenvalue weighted by atomic mass is 16.5. The van der Waals surface area contributed by atoms with E-state index < -0.39 is 0 Å². The molecule has 0 saturated carbocycles. The molecule has 8 nitrogen and oxygen atoms in total. The van der Waals surface area contributed by atoms with Crippen LogP contribution in [0.1, 0.15) is 30.0 Å². The van der Waals surface area contributed by atoms with Crippen molar-refractivity contribution in [3.05, 3.63) is 59.6 Å². The van der Waals surface area contributed by atoms with E-state index in [1.165, 1.54) is 0 Å². The van der Waals surface area contributed by atoms with Crippen LogP contribution in [0.4, 0.5) is 0 Å². The molecule has 3 rings (SSSR count). The number of aliphatic imine (C=N–C) groups is 1. The Balaban J connectivity index is 1.63. The summed E-state index contributed by atoms with van der Waals surface area (Å²) in [5.74, 6) is 2.99. The van der Waals surface area contributed by atoms with Crippen molar-refractivity contribution in [1.29, 1.82) is 0 Å². The molecule has 0 aliphatic rings. The normalized spacial score (nSPS) is 11.5. The Morgan fingerprint density at radius 3 is 2.61 bits per heavy atom. The van der Waals surface area contributed by atoms with Gasteiger partial charge in [0.25, 0.3) is 0 Å². The highest BCUT2D eigenvalue weighted by Gasteiger charge is 2.07. The van der Waals surface area contributed by atoms with Gasteiger partial charge in [-0.25, -0.2) is 14.7 Å². The van der Waals surface area contributed by atoms with Gasteiger partial charge in [0.1, 0.15) is 11.5 Å². The van der Waals surface area contributed by atoms with E-state index in [-0.39, 0.29) is 0 Å². The number of rotatable bonds is 7. The van der Waals surface area contributed by atoms with Crippen molar-refractivity contribution in [2.45, 2.75) is 33.9 Å². The van der Waals surface area contributed by atoms with E-state index in [2.05, 4.69) is 25.7 Å². The van der Waals surface area contributed by atoms with Crippen LogP contribution >= 0.6 is 0 Å². The van der Waals surface area contributed by atoms with Gasteiger partial charge in [0.05, 0.1) is 37.3 Å². The molecule has 3 aromatic rings. The third-order valence-electron chi connectivity index (χ3n) is 4.20. The van der Waals surface area contributed by atoms with Crippen LogP contribution in [0.25, 0.3) is 5.69 Å². The molecule has 1 aromatic carbocycles. The summed E-state index contributed by atoms with van der Waals surface area (Å²) in [5, 5.41) is 11.0. The topological polar surface area (TPSA) is 89.5 Å². The van der Waals surface area contributed by atoms with Gasteiger partial charge >= 0.3 is 0 Å². The summed E-state index contributed by atoms with van der Waals surface area (Å²) < 4.78 is 12.6. The van der Waals surface area contributed by atoms with Gasteiger partial charge < -0.3 is 19.8 Å². The van der Waals surface area contributed by atoms with Crippen LogP contribution in [0.15, 0.2) is 45.9 Å². The van der Waals surface area contributed by atoms with Crippen LogP contribution in [0.2, 0.25) is 0 Å². The third kappa shape index (κ3) is 4.91. The molecular formula is C20H26N6O2. The summed E-state index contributed by atoms with van der Waals surface area (Å²) in [6, 6.07) is 9.70. The summed E-state index contributed by atoms with van der Waals surface area (Å²) in [6.07, 6.45) is 1.92. The van der Waals surface area contributed by atoms with Crippen molar-refractivity contribution in [3.63, 3.8) is 0 Å². The van der Waals surface area contributed by atoms with Gasteiger partial charge in [0.2, 0.25) is 5.89 Å². The smallest absolute Gasteiger partial charge is 0.214 e. The molecule has 0 atom stereocenters. The van der Waals surface area contributed by atoms with Crippen LogP contribution < -0.4 is 15.4 Å². The molecule has 0 bridgehead atoms. The predicted molar refractivity (Wildman–Crippen MR) is 108 cm³/mol. The number of methoxy groups -OCH3 is 1. The quantitative estimate of drug-likeness (QED) is 0.482. The zero-order valence-electron chi connectivity index (χ0n) is 16.7. The lowest BCUT2D eigenvalue weighted by Gasteiger charge is -2.09. The molecule has 2 N–H and O–H groups in total. The lowest BCUT2D eigenvalue weighted by atomic mass is 10.3. The molecular weight excluding hydrogens is 356 g/mol. The van der Waals surface area contributed by atoms with E-state index >= 15 is 0 Å². The zero-order valence-corrected chi connectivity index (χ0v) is 16.7. The number of aromatic nitrogens is 3. The van der Waals surface area contributed by atoms with Crippen LogP contribution in [0.3, 0.4) is 0 Å². The fourth-order valence-corrected chi connectivity index (χ4v) is 2.60. The molecule has 0 aliphatic heterocycles. The van der Waals surface area contributed by atoms with Gasteiger partial charge in [-0.05, 0) is 51.1 Å². The second-order valence-corrected chi connectivity index (χ2v) is 6.25. The Hall–Kier alpha value is -3.29. The van der Waals surface area contributed by atoms with Gasteiger partial charge in [-0.15, -0.1) is 0 Å². The predicted octanol–water partition coefficient (Wildman–Crippen LogP) is 2.74. The van der Waals surface area contributed by atoms with Gasteiger partial charge in [-0.1, -0.05) is 0 Å². The minimum atomic E-state index is 0.460. The van der Waals surface area contributed by atoms with E-state index in [4.69, 9.17) is 9.15 Å². The number of hydrogen-bond acceptors (Lipinski definition) is 5. The number of nitrogens with one attached hydrogen (secondary N) is 2. The fourth-order valence-electron chi connectivity index (χ4n) is 2.60. The summed E-state index contributed by atoms with van der Waals surface area (Å²) in [4.78, 5) is 8.96. The van der Waals surface area contributed by atoms with Crippen molar-refractivity contribution in [2.24, 2.45) is 4.99 Å². The summed E-state index contributed by atoms with van der Waals surface area (Å²) in [7, 11) is 1.65. The largest absolute Gasteiger partial charge is 0.497 e. The molecule has 28 heavy (non-hydrogen) atoms. The lowest BCUT2D eigenvalue weighted by Crippen LogP contribution is -2.36. The number of oxazole rings is 1. The molecule has 148 valence electrons. The highest BCUT2D eigenvalue weighted by Crippen LogP contribution is 2.14. The maximum Gasteiger partial charge on any atom is 0.214 e. The van der Waals surface area contributed by atoms with Gasteiger partial charge in [-0.3, -0.25) is 0 Å². The standard InChI is InChI=1S/C20H26N6O2/c1-5-21-20(23-13-19-24-14(2)15(3)28-19)22-12-16-10-11-26(25-16)17-6-8-18(27-4)9-7-17/h6-11H,5,12-13H2,1-4H3,(H2,21,22,23). The van der Waals surface area contributed by atoms with Crippen LogP contribution in [0, 0.1) is 13.8 Å². The number of guanidine groups is 1. The SMILES string of the molecule is CCNC(=NCc1ccn(-c2ccc(OC)cc2)n1)NCc1nc(C)c(C)o1. The maximum atomic E-state index is 5.59. The fraction of sp³-hybridized carbons (Fsp3) is 0.350. The van der Waals surface area contributed by atoms with Crippen molar-refractivity contribution in [1.82, 2.24) is 25.4 Å². The zero-order chi connectivity index (χ0) is 19.9. The first-order valence-electron chi connectivity index (χ1n) is 9.23. The van der Waals surface area contributed by atoms with Gasteiger partial charge in [-0.2, -0.15) is 5.10 Å². The molecule has 2 aromatic heterocycles. The lowest BCUT2D eigenvalue weighted by molar-refractivity contribution is 0.414. The van der Waals surface area contributed by atoms with E-state index in [1.807, 2.05) is 62.0 Å². The van der Waals surface area contributed by atoms with Gasteiger partial charge in [0.15, 0.2) is 5.96 Å². The second kappa shape index (κ2) is 9.07. The Bertz CT molecular complexity index is 907. The maximum absolute atomic E-state index is 5.59. The molecule has 0 amide bonds. The molecule has 0 unspecified atom stereocenters. The number of benzene rings is 1. The molecule has 0 saturated heterocycles. The Morgan fingerprint density at radius 2 is 1.96 bits per heavy atom. The summed E-state index contributed by atoms with van der Waals surface area (Å²) >= 11 is 0. The molecule has 8 heteroatoms. The van der Waals surface area contributed by atoms with E-state index in [0.29, 0.717) is 24.9 Å².